The molecule has 0 spiro atoms. The van der Waals surface area contributed by atoms with Crippen LogP contribution in [0.4, 0.5) is 8.78 Å². The Kier molecular flexibility index (Phi) is 9.59. The number of allylic oxidation sites excluding steroid dienone is 1. The summed E-state index contributed by atoms with van der Waals surface area (Å²) in [6.45, 7) is 2.00. The van der Waals surface area contributed by atoms with Crippen LogP contribution < -0.4 is 15.8 Å². The molecule has 0 bridgehead atoms. The predicted molar refractivity (Wildman–Crippen MR) is 155 cm³/mol. The van der Waals surface area contributed by atoms with Gasteiger partial charge < -0.3 is 20.6 Å². The average Bonchev–Trinajstić information content (AvgIpc) is 3.59. The fourth-order valence-electron chi connectivity index (χ4n) is 3.99. The number of alkyl halides is 2. The standard InChI is InChI=1S/C26H21F2N7OS.CH5N.CH2O/c1-35-31-12-21(34-35)15-6-8-17(18(9-15)19-10-20(23(27)28)29-13-22(19)36-2)25-33-24-26(37-25)32-16(11-30-24)7-5-14-3-4-14;2*1-2/h6,8-14,23-24,30H,3-4H2,1-2H3;2H2,1H3;1H2. The fraction of sp³-hybridized carbons (Fsp3) is 0.286. The molecule has 10 nitrogen and oxygen atoms in total. The summed E-state index contributed by atoms with van der Waals surface area (Å²) in [4.78, 5) is 22.9. The first-order chi connectivity index (χ1) is 20.0. The number of nitrogens with one attached hydrogen (secondary N) is 1. The van der Waals surface area contributed by atoms with Gasteiger partial charge in [0.2, 0.25) is 0 Å². The molecule has 3 aliphatic rings. The van der Waals surface area contributed by atoms with E-state index in [0.29, 0.717) is 39.2 Å². The van der Waals surface area contributed by atoms with Crippen LogP contribution in [-0.2, 0) is 11.8 Å². The van der Waals surface area contributed by atoms with Crippen molar-refractivity contribution in [2.75, 3.05) is 14.2 Å². The van der Waals surface area contributed by atoms with Crippen molar-refractivity contribution in [2.45, 2.75) is 25.4 Å². The van der Waals surface area contributed by atoms with Crippen LogP contribution in [0.2, 0.25) is 0 Å². The fourth-order valence-corrected chi connectivity index (χ4v) is 5.01. The number of pyridine rings is 1. The molecule has 1 saturated carbocycles. The van der Waals surface area contributed by atoms with E-state index >= 15 is 0 Å². The molecule has 1 aromatic carbocycles. The number of hydrogen-bond acceptors (Lipinski definition) is 10. The maximum atomic E-state index is 13.6. The second-order valence-electron chi connectivity index (χ2n) is 8.72. The second kappa shape index (κ2) is 13.3. The zero-order valence-corrected chi connectivity index (χ0v) is 23.5. The molecule has 2 aliphatic heterocycles. The SMILES string of the molecule is C=O.CN.COc1cnc(C(F)F)cc1-c1cc(-c2cnn(C)n2)ccc1C1=NC2NC=C(C#CC3CC3)N=C2S1. The molecule has 13 heteroatoms. The summed E-state index contributed by atoms with van der Waals surface area (Å²) in [5, 5.41) is 13.3. The molecule has 0 radical (unpaired) electrons. The van der Waals surface area contributed by atoms with Crippen molar-refractivity contribution < 1.29 is 18.3 Å². The largest absolute Gasteiger partial charge is 0.494 e. The van der Waals surface area contributed by atoms with Gasteiger partial charge in [0.15, 0.2) is 6.17 Å². The van der Waals surface area contributed by atoms with Crippen molar-refractivity contribution in [2.24, 2.45) is 28.7 Å². The highest BCUT2D eigenvalue weighted by molar-refractivity contribution is 8.27. The van der Waals surface area contributed by atoms with Crippen molar-refractivity contribution in [3.05, 3.63) is 59.8 Å². The average molecular weight is 579 g/mol. The normalized spacial score (nSPS) is 16.8. The van der Waals surface area contributed by atoms with Crippen LogP contribution in [0.1, 0.15) is 30.5 Å². The van der Waals surface area contributed by atoms with Gasteiger partial charge >= 0.3 is 0 Å². The maximum Gasteiger partial charge on any atom is 0.280 e. The lowest BCUT2D eigenvalue weighted by Gasteiger charge is -2.15. The predicted octanol–water partition coefficient (Wildman–Crippen LogP) is 3.96. The number of fused-ring (bicyclic) bond motifs is 1. The number of nitrogens with zero attached hydrogens (tertiary/aromatic N) is 6. The van der Waals surface area contributed by atoms with Crippen LogP contribution in [-0.4, -0.2) is 57.2 Å². The Morgan fingerprint density at radius 2 is 1.95 bits per heavy atom. The van der Waals surface area contributed by atoms with Crippen LogP contribution in [0, 0.1) is 17.8 Å². The molecule has 1 aliphatic carbocycles. The minimum atomic E-state index is -2.72. The zero-order valence-electron chi connectivity index (χ0n) is 22.6. The van der Waals surface area contributed by atoms with E-state index in [1.165, 1.54) is 43.0 Å². The summed E-state index contributed by atoms with van der Waals surface area (Å²) < 4.78 is 32.7. The molecule has 1 unspecified atom stereocenters. The molecule has 1 fully saturated rings. The number of aliphatic imine (C=N–C) groups is 2. The maximum absolute atomic E-state index is 13.6. The third kappa shape index (κ3) is 6.67. The minimum absolute atomic E-state index is 0.324. The van der Waals surface area contributed by atoms with Gasteiger partial charge in [0.25, 0.3) is 6.43 Å². The molecule has 4 heterocycles. The Morgan fingerprint density at radius 1 is 1.17 bits per heavy atom. The number of carbonyl (C=O) groups excluding carboxylic acids is 1. The van der Waals surface area contributed by atoms with E-state index in [0.717, 1.165) is 29.0 Å². The summed E-state index contributed by atoms with van der Waals surface area (Å²) in [5.74, 6) is 7.21. The van der Waals surface area contributed by atoms with Gasteiger partial charge in [0.05, 0.1) is 19.5 Å². The number of ether oxygens (including phenoxy) is 1. The molecule has 3 N–H and O–H groups in total. The lowest BCUT2D eigenvalue weighted by Crippen LogP contribution is -2.29. The Balaban J connectivity index is 0.000000929. The minimum Gasteiger partial charge on any atom is -0.494 e. The van der Waals surface area contributed by atoms with Crippen molar-refractivity contribution >= 4 is 28.6 Å². The number of benzene rings is 1. The molecule has 2 aromatic heterocycles. The summed E-state index contributed by atoms with van der Waals surface area (Å²) >= 11 is 1.43. The van der Waals surface area contributed by atoms with Gasteiger partial charge in [-0.15, -0.1) is 0 Å². The zero-order chi connectivity index (χ0) is 29.5. The molecule has 0 saturated heterocycles. The summed E-state index contributed by atoms with van der Waals surface area (Å²) in [5.41, 5.74) is 8.17. The quantitative estimate of drug-likeness (QED) is 0.435. The Morgan fingerprint density at radius 3 is 2.61 bits per heavy atom. The monoisotopic (exact) mass is 578 g/mol. The summed E-state index contributed by atoms with van der Waals surface area (Å²) in [7, 11) is 4.72. The van der Waals surface area contributed by atoms with Crippen LogP contribution in [0.15, 0.2) is 58.5 Å². The number of methoxy groups -OCH3 is 1. The van der Waals surface area contributed by atoms with E-state index in [1.54, 1.807) is 19.4 Å². The highest BCUT2D eigenvalue weighted by Gasteiger charge is 2.31. The topological polar surface area (TPSA) is 133 Å². The number of aromatic nitrogens is 4. The van der Waals surface area contributed by atoms with E-state index < -0.39 is 6.43 Å². The summed E-state index contributed by atoms with van der Waals surface area (Å²) in [6, 6.07) is 7.07. The molecular weight excluding hydrogens is 550 g/mol. The van der Waals surface area contributed by atoms with Crippen molar-refractivity contribution in [1.29, 1.82) is 0 Å². The number of rotatable bonds is 5. The van der Waals surface area contributed by atoms with Gasteiger partial charge in [-0.1, -0.05) is 18.1 Å². The van der Waals surface area contributed by atoms with Gasteiger partial charge in [0, 0.05) is 35.9 Å². The van der Waals surface area contributed by atoms with Crippen LogP contribution in [0.3, 0.4) is 0 Å². The Labute approximate surface area is 240 Å². The molecule has 212 valence electrons. The van der Waals surface area contributed by atoms with Gasteiger partial charge in [-0.05, 0) is 55.3 Å². The van der Waals surface area contributed by atoms with E-state index in [4.69, 9.17) is 19.5 Å². The van der Waals surface area contributed by atoms with Gasteiger partial charge in [-0.3, -0.25) is 4.98 Å². The number of hydrogen-bond donors (Lipinski definition) is 2. The number of aryl methyl sites for hydroxylation is 1. The van der Waals surface area contributed by atoms with Crippen molar-refractivity contribution in [3.63, 3.8) is 0 Å². The van der Waals surface area contributed by atoms with E-state index in [1.807, 2.05) is 25.0 Å². The number of nitrogens with two attached hydrogens (primary N) is 1. The van der Waals surface area contributed by atoms with Gasteiger partial charge in [-0.25, -0.2) is 18.8 Å². The molecular formula is C28H28F2N8O2S. The Bertz CT molecular complexity index is 1570. The third-order valence-corrected chi connectivity index (χ3v) is 7.08. The highest BCUT2D eigenvalue weighted by Crippen LogP contribution is 2.40. The first-order valence-electron chi connectivity index (χ1n) is 12.5. The van der Waals surface area contributed by atoms with E-state index in [9.17, 15) is 8.78 Å². The molecule has 0 amide bonds. The van der Waals surface area contributed by atoms with Crippen molar-refractivity contribution in [3.8, 4) is 40.0 Å². The van der Waals surface area contributed by atoms with E-state index in [-0.39, 0.29) is 11.9 Å². The van der Waals surface area contributed by atoms with Crippen LogP contribution in [0.5, 0.6) is 5.75 Å². The lowest BCUT2D eigenvalue weighted by atomic mass is 9.96. The van der Waals surface area contributed by atoms with Crippen LogP contribution >= 0.6 is 11.8 Å². The van der Waals surface area contributed by atoms with Gasteiger partial charge in [-0.2, -0.15) is 15.0 Å². The van der Waals surface area contributed by atoms with Gasteiger partial charge in [0.1, 0.15) is 39.7 Å². The van der Waals surface area contributed by atoms with Crippen molar-refractivity contribution in [1.82, 2.24) is 25.3 Å². The molecule has 3 aromatic rings. The first kappa shape index (κ1) is 29.6. The van der Waals surface area contributed by atoms with E-state index in [2.05, 4.69) is 38.1 Å². The lowest BCUT2D eigenvalue weighted by molar-refractivity contribution is -0.0980. The Hall–Kier alpha value is -4.41. The number of halogens is 2. The number of thioether (sulfide) groups is 1. The van der Waals surface area contributed by atoms with Crippen LogP contribution in [0.25, 0.3) is 22.4 Å². The number of carbonyl (C=O) groups is 1. The smallest absolute Gasteiger partial charge is 0.280 e. The second-order valence-corrected chi connectivity index (χ2v) is 9.73. The first-order valence-corrected chi connectivity index (χ1v) is 13.3. The summed E-state index contributed by atoms with van der Waals surface area (Å²) in [6.07, 6.45) is 4.00. The highest BCUT2D eigenvalue weighted by atomic mass is 32.2. The third-order valence-electron chi connectivity index (χ3n) is 6.04. The molecule has 41 heavy (non-hydrogen) atoms. The molecule has 6 rings (SSSR count). The molecule has 1 atom stereocenters.